The SMILES string of the molecule is CN=C(NCCCn1cccn1)NCC1CCC(C)CC1.I. The molecule has 22 heavy (non-hydrogen) atoms. The highest BCUT2D eigenvalue weighted by Gasteiger charge is 2.18. The van der Waals surface area contributed by atoms with Gasteiger partial charge in [-0.25, -0.2) is 0 Å². The number of hydrogen-bond donors (Lipinski definition) is 2. The van der Waals surface area contributed by atoms with Crippen molar-refractivity contribution in [2.75, 3.05) is 20.1 Å². The van der Waals surface area contributed by atoms with Crippen LogP contribution in [0.3, 0.4) is 0 Å². The number of guanidine groups is 1. The molecule has 5 nitrogen and oxygen atoms in total. The van der Waals surface area contributed by atoms with E-state index in [1.165, 1.54) is 25.7 Å². The van der Waals surface area contributed by atoms with Crippen LogP contribution in [0.2, 0.25) is 0 Å². The highest BCUT2D eigenvalue weighted by Crippen LogP contribution is 2.27. The number of nitrogens with zero attached hydrogens (tertiary/aromatic N) is 3. The Morgan fingerprint density at radius 3 is 2.68 bits per heavy atom. The molecular formula is C16H30IN5. The first-order valence-electron chi connectivity index (χ1n) is 8.20. The molecule has 0 unspecified atom stereocenters. The average molecular weight is 419 g/mol. The lowest BCUT2D eigenvalue weighted by Gasteiger charge is -2.26. The number of aryl methyl sites for hydroxylation is 1. The summed E-state index contributed by atoms with van der Waals surface area (Å²) in [6, 6.07) is 1.96. The van der Waals surface area contributed by atoms with E-state index < -0.39 is 0 Å². The lowest BCUT2D eigenvalue weighted by Crippen LogP contribution is -2.40. The molecule has 0 spiro atoms. The molecule has 0 aliphatic heterocycles. The van der Waals surface area contributed by atoms with Crippen LogP contribution in [0.5, 0.6) is 0 Å². The Hall–Kier alpha value is -0.790. The first kappa shape index (κ1) is 19.3. The highest BCUT2D eigenvalue weighted by molar-refractivity contribution is 14.0. The van der Waals surface area contributed by atoms with Gasteiger partial charge in [-0.15, -0.1) is 24.0 Å². The third-order valence-corrected chi connectivity index (χ3v) is 4.33. The largest absolute Gasteiger partial charge is 0.356 e. The molecule has 1 saturated carbocycles. The molecule has 1 heterocycles. The summed E-state index contributed by atoms with van der Waals surface area (Å²) in [4.78, 5) is 4.29. The fourth-order valence-electron chi connectivity index (χ4n) is 2.88. The third kappa shape index (κ3) is 6.98. The van der Waals surface area contributed by atoms with Gasteiger partial charge in [-0.1, -0.05) is 19.8 Å². The smallest absolute Gasteiger partial charge is 0.190 e. The van der Waals surface area contributed by atoms with Crippen LogP contribution in [-0.4, -0.2) is 35.9 Å². The summed E-state index contributed by atoms with van der Waals surface area (Å²) in [6.45, 7) is 5.27. The number of nitrogens with one attached hydrogen (secondary N) is 2. The monoisotopic (exact) mass is 419 g/mol. The summed E-state index contributed by atoms with van der Waals surface area (Å²) < 4.78 is 1.96. The minimum atomic E-state index is 0. The predicted octanol–water partition coefficient (Wildman–Crippen LogP) is 2.88. The molecule has 2 rings (SSSR count). The number of rotatable bonds is 6. The van der Waals surface area contributed by atoms with Crippen molar-refractivity contribution in [2.45, 2.75) is 45.6 Å². The molecule has 0 saturated heterocycles. The second-order valence-corrected chi connectivity index (χ2v) is 6.13. The van der Waals surface area contributed by atoms with Gasteiger partial charge in [-0.2, -0.15) is 5.10 Å². The topological polar surface area (TPSA) is 54.2 Å². The first-order valence-corrected chi connectivity index (χ1v) is 8.20. The van der Waals surface area contributed by atoms with Crippen LogP contribution in [0.4, 0.5) is 0 Å². The Morgan fingerprint density at radius 1 is 1.27 bits per heavy atom. The summed E-state index contributed by atoms with van der Waals surface area (Å²) in [5.41, 5.74) is 0. The lowest BCUT2D eigenvalue weighted by molar-refractivity contribution is 0.289. The van der Waals surface area contributed by atoms with Crippen LogP contribution in [0.1, 0.15) is 39.0 Å². The van der Waals surface area contributed by atoms with Gasteiger partial charge in [0, 0.05) is 39.1 Å². The van der Waals surface area contributed by atoms with Crippen molar-refractivity contribution in [3.63, 3.8) is 0 Å². The van der Waals surface area contributed by atoms with E-state index in [0.717, 1.165) is 43.9 Å². The molecule has 1 aliphatic carbocycles. The van der Waals surface area contributed by atoms with E-state index >= 15 is 0 Å². The summed E-state index contributed by atoms with van der Waals surface area (Å²) in [6.07, 6.45) is 10.3. The van der Waals surface area contributed by atoms with E-state index in [0.29, 0.717) is 0 Å². The van der Waals surface area contributed by atoms with E-state index in [4.69, 9.17) is 0 Å². The summed E-state index contributed by atoms with van der Waals surface area (Å²) in [5, 5.41) is 11.0. The number of hydrogen-bond acceptors (Lipinski definition) is 2. The number of aromatic nitrogens is 2. The molecule has 6 heteroatoms. The summed E-state index contributed by atoms with van der Waals surface area (Å²) >= 11 is 0. The van der Waals surface area contributed by atoms with Gasteiger partial charge in [0.1, 0.15) is 0 Å². The Balaban J connectivity index is 0.00000242. The minimum absolute atomic E-state index is 0. The van der Waals surface area contributed by atoms with Gasteiger partial charge < -0.3 is 10.6 Å². The van der Waals surface area contributed by atoms with Crippen molar-refractivity contribution < 1.29 is 0 Å². The van der Waals surface area contributed by atoms with E-state index in [9.17, 15) is 0 Å². The van der Waals surface area contributed by atoms with Crippen molar-refractivity contribution in [3.05, 3.63) is 18.5 Å². The maximum absolute atomic E-state index is 4.29. The molecular weight excluding hydrogens is 389 g/mol. The van der Waals surface area contributed by atoms with Gasteiger partial charge in [0.25, 0.3) is 0 Å². The van der Waals surface area contributed by atoms with Gasteiger partial charge in [-0.3, -0.25) is 9.67 Å². The van der Waals surface area contributed by atoms with Crippen LogP contribution in [0, 0.1) is 11.8 Å². The average Bonchev–Trinajstić information content (AvgIpc) is 3.01. The predicted molar refractivity (Wildman–Crippen MR) is 103 cm³/mol. The zero-order chi connectivity index (χ0) is 14.9. The molecule has 0 amide bonds. The van der Waals surface area contributed by atoms with Crippen molar-refractivity contribution >= 4 is 29.9 Å². The Bertz CT molecular complexity index is 410. The van der Waals surface area contributed by atoms with Gasteiger partial charge in [0.05, 0.1) is 0 Å². The van der Waals surface area contributed by atoms with Crippen molar-refractivity contribution in [1.29, 1.82) is 0 Å². The van der Waals surface area contributed by atoms with Gasteiger partial charge >= 0.3 is 0 Å². The van der Waals surface area contributed by atoms with E-state index in [1.54, 1.807) is 0 Å². The fraction of sp³-hybridized carbons (Fsp3) is 0.750. The zero-order valence-corrected chi connectivity index (χ0v) is 16.1. The van der Waals surface area contributed by atoms with Gasteiger partial charge in [-0.05, 0) is 37.2 Å². The van der Waals surface area contributed by atoms with E-state index in [-0.39, 0.29) is 24.0 Å². The van der Waals surface area contributed by atoms with Crippen LogP contribution in [0.15, 0.2) is 23.5 Å². The Kier molecular flexibility index (Phi) is 9.50. The molecule has 1 fully saturated rings. The van der Waals surface area contributed by atoms with Gasteiger partial charge in [0.15, 0.2) is 5.96 Å². The highest BCUT2D eigenvalue weighted by atomic mass is 127. The molecule has 1 aromatic heterocycles. The molecule has 126 valence electrons. The maximum Gasteiger partial charge on any atom is 0.190 e. The first-order chi connectivity index (χ1) is 10.3. The second-order valence-electron chi connectivity index (χ2n) is 6.13. The lowest BCUT2D eigenvalue weighted by atomic mass is 9.83. The second kappa shape index (κ2) is 10.9. The molecule has 1 aromatic rings. The van der Waals surface area contributed by atoms with E-state index in [1.807, 2.05) is 30.2 Å². The quantitative estimate of drug-likeness (QED) is 0.323. The van der Waals surface area contributed by atoms with Crippen LogP contribution in [0.25, 0.3) is 0 Å². The molecule has 1 aliphatic rings. The normalized spacial score (nSPS) is 22.0. The summed E-state index contributed by atoms with van der Waals surface area (Å²) in [7, 11) is 1.84. The minimum Gasteiger partial charge on any atom is -0.356 e. The summed E-state index contributed by atoms with van der Waals surface area (Å²) in [5.74, 6) is 2.65. The number of halogens is 1. The molecule has 0 radical (unpaired) electrons. The van der Waals surface area contributed by atoms with Crippen LogP contribution < -0.4 is 10.6 Å². The van der Waals surface area contributed by atoms with Crippen LogP contribution in [-0.2, 0) is 6.54 Å². The Labute approximate surface area is 151 Å². The van der Waals surface area contributed by atoms with Crippen LogP contribution >= 0.6 is 24.0 Å². The molecule has 2 N–H and O–H groups in total. The molecule has 0 atom stereocenters. The maximum atomic E-state index is 4.29. The standard InChI is InChI=1S/C16H29N5.HI/c1-14-5-7-15(8-6-14)13-19-16(17-2)18-9-3-11-21-12-4-10-20-21;/h4,10,12,14-15H,3,5-9,11,13H2,1-2H3,(H2,17,18,19);1H. The van der Waals surface area contributed by atoms with Gasteiger partial charge in [0.2, 0.25) is 0 Å². The third-order valence-electron chi connectivity index (χ3n) is 4.33. The fourth-order valence-corrected chi connectivity index (χ4v) is 2.88. The van der Waals surface area contributed by atoms with Crippen molar-refractivity contribution in [3.8, 4) is 0 Å². The Morgan fingerprint density at radius 2 is 2.05 bits per heavy atom. The number of aliphatic imine (C=N–C) groups is 1. The van der Waals surface area contributed by atoms with Crippen molar-refractivity contribution in [2.24, 2.45) is 16.8 Å². The molecule has 0 aromatic carbocycles. The van der Waals surface area contributed by atoms with Crippen molar-refractivity contribution in [1.82, 2.24) is 20.4 Å². The zero-order valence-electron chi connectivity index (χ0n) is 13.8. The molecule has 0 bridgehead atoms. The van der Waals surface area contributed by atoms with E-state index in [2.05, 4.69) is 27.6 Å².